The Kier molecular flexibility index (Phi) is 21.0. The van der Waals surface area contributed by atoms with Crippen molar-refractivity contribution < 1.29 is 70.7 Å². The fourth-order valence-electron chi connectivity index (χ4n) is 16.2. The Morgan fingerprint density at radius 3 is 2.25 bits per heavy atom. The number of rotatable bonds is 29. The molecule has 0 spiro atoms. The van der Waals surface area contributed by atoms with Crippen LogP contribution in [0, 0.1) is 29.1 Å². The van der Waals surface area contributed by atoms with Gasteiger partial charge in [0.25, 0.3) is 27.8 Å². The lowest BCUT2D eigenvalue weighted by Gasteiger charge is -2.69. The summed E-state index contributed by atoms with van der Waals surface area (Å²) in [5, 5.41) is 29.7. The van der Waals surface area contributed by atoms with Crippen molar-refractivity contribution in [1.82, 2.24) is 45.5 Å². The lowest BCUT2D eigenvalue weighted by Crippen LogP contribution is -2.64. The maximum absolute atomic E-state index is 13.9. The summed E-state index contributed by atoms with van der Waals surface area (Å²) in [5.74, 6) is -5.28. The molecule has 9 N–H and O–H groups in total. The lowest BCUT2D eigenvalue weighted by molar-refractivity contribution is -0.248. The summed E-state index contributed by atoms with van der Waals surface area (Å²) in [6.07, 6.45) is 8.58. The Morgan fingerprint density at radius 1 is 0.830 bits per heavy atom. The number of nitrogens with one attached hydrogen (secondary N) is 5. The van der Waals surface area contributed by atoms with Crippen molar-refractivity contribution in [3.8, 4) is 11.1 Å². The summed E-state index contributed by atoms with van der Waals surface area (Å²) in [5.41, 5.74) is 9.72. The van der Waals surface area contributed by atoms with Crippen LogP contribution in [0.15, 0.2) is 97.2 Å². The minimum atomic E-state index is -4.52. The number of thiazole rings is 1. The van der Waals surface area contributed by atoms with Crippen LogP contribution in [0.25, 0.3) is 21.3 Å². The minimum absolute atomic E-state index is 0.0216. The van der Waals surface area contributed by atoms with Gasteiger partial charge >= 0.3 is 18.1 Å². The number of hydrogen-bond acceptors (Lipinski definition) is 18. The van der Waals surface area contributed by atoms with Crippen molar-refractivity contribution >= 4 is 102 Å². The summed E-state index contributed by atoms with van der Waals surface area (Å²) in [7, 11) is -4.52. The van der Waals surface area contributed by atoms with Crippen molar-refractivity contribution in [2.24, 2.45) is 27.9 Å². The Bertz CT molecular complexity index is 4270. The van der Waals surface area contributed by atoms with Gasteiger partial charge in [0.15, 0.2) is 10.8 Å². The van der Waals surface area contributed by atoms with E-state index in [4.69, 9.17) is 25.3 Å². The van der Waals surface area contributed by atoms with Gasteiger partial charge in [-0.3, -0.25) is 48.2 Å². The number of aromatic carboxylic acids is 1. The summed E-state index contributed by atoms with van der Waals surface area (Å²) < 4.78 is 49.6. The first-order valence-electron chi connectivity index (χ1n) is 33.3. The first kappa shape index (κ1) is 71.6. The number of pyridine rings is 1. The Balaban J connectivity index is 0.711. The van der Waals surface area contributed by atoms with Crippen LogP contribution in [0.5, 0.6) is 0 Å². The number of benzene rings is 3. The fourth-order valence-corrected chi connectivity index (χ4v) is 17.5. The second kappa shape index (κ2) is 29.3. The number of carboxylic acid groups (broad SMARTS) is 1. The molecule has 4 fully saturated rings. The SMILES string of the molecule is Cc1c(-c2ccc(N3CCc4cccc(C(=O)Nc5nc6ccccc6s5)c4C3)nc2C(=O)O)cnn1CC12CC3(C)CC(C)(C1)CC(OCCN(CCS(=O)(=O)O)C(=O)OCc1ccc(NC(=O)[C@H](CCCNC(N)=O)NC(=O)C(NC(=O)CCN4C(=O)C=CC4=O)C(C)C)cc1)(C3)C2. The molecular formula is C70H83N13O15S2. The summed E-state index contributed by atoms with van der Waals surface area (Å²) in [4.78, 5) is 130. The number of hydrogen-bond donors (Lipinski definition) is 8. The number of carboxylic acids is 1. The van der Waals surface area contributed by atoms with Crippen molar-refractivity contribution in [2.45, 2.75) is 136 Å². The van der Waals surface area contributed by atoms with E-state index in [0.29, 0.717) is 71.4 Å². The third-order valence-corrected chi connectivity index (χ3v) is 21.2. The molecule has 12 rings (SSSR count). The second-order valence-electron chi connectivity index (χ2n) is 28.2. The lowest BCUT2D eigenvalue weighted by atomic mass is 9.39. The van der Waals surface area contributed by atoms with E-state index in [1.165, 1.54) is 16.2 Å². The van der Waals surface area contributed by atoms with E-state index in [1.807, 2.05) is 59.0 Å². The molecule has 3 unspecified atom stereocenters. The van der Waals surface area contributed by atoms with Crippen LogP contribution in [0.2, 0.25) is 0 Å². The van der Waals surface area contributed by atoms with Crippen LogP contribution in [-0.2, 0) is 69.7 Å². The fraction of sp³-hybridized carbons (Fsp3) is 0.457. The van der Waals surface area contributed by atoms with Crippen molar-refractivity contribution in [2.75, 3.05) is 60.6 Å². The zero-order chi connectivity index (χ0) is 71.5. The van der Waals surface area contributed by atoms with Crippen LogP contribution in [0.1, 0.15) is 129 Å². The molecule has 4 saturated carbocycles. The van der Waals surface area contributed by atoms with Gasteiger partial charge in [0.2, 0.25) is 17.7 Å². The molecule has 2 aliphatic heterocycles. The molecule has 0 radical (unpaired) electrons. The molecule has 0 saturated heterocycles. The third kappa shape index (κ3) is 16.8. The van der Waals surface area contributed by atoms with Gasteiger partial charge in [-0.2, -0.15) is 13.5 Å². The number of nitrogens with two attached hydrogens (primary N) is 1. The number of ether oxygens (including phenoxy) is 2. The predicted octanol–water partition coefficient (Wildman–Crippen LogP) is 7.37. The van der Waals surface area contributed by atoms with Gasteiger partial charge < -0.3 is 51.4 Å². The summed E-state index contributed by atoms with van der Waals surface area (Å²) >= 11 is 1.40. The summed E-state index contributed by atoms with van der Waals surface area (Å²) in [6, 6.07) is 20.1. The third-order valence-electron chi connectivity index (χ3n) is 19.5. The molecule has 6 aliphatic rings. The van der Waals surface area contributed by atoms with Crippen LogP contribution in [0.3, 0.4) is 0 Å². The highest BCUT2D eigenvalue weighted by Gasteiger charge is 2.66. The average molecular weight is 1410 g/mol. The number of amides is 9. The highest BCUT2D eigenvalue weighted by Crippen LogP contribution is 2.72. The quantitative estimate of drug-likeness (QED) is 0.0129. The number of imide groups is 1. The van der Waals surface area contributed by atoms with Crippen LogP contribution < -0.4 is 37.2 Å². The van der Waals surface area contributed by atoms with E-state index in [2.05, 4.69) is 45.4 Å². The first-order valence-corrected chi connectivity index (χ1v) is 35.8. The Morgan fingerprint density at radius 2 is 1.56 bits per heavy atom. The van der Waals surface area contributed by atoms with Gasteiger partial charge in [0.05, 0.1) is 34.4 Å². The molecular weight excluding hydrogens is 1330 g/mol. The van der Waals surface area contributed by atoms with Gasteiger partial charge in [-0.15, -0.1) is 0 Å². The molecule has 9 amide bonds. The number of nitrogens with zero attached hydrogens (tertiary/aromatic N) is 7. The highest BCUT2D eigenvalue weighted by molar-refractivity contribution is 7.85. The van der Waals surface area contributed by atoms with Gasteiger partial charge in [-0.25, -0.2) is 24.4 Å². The van der Waals surface area contributed by atoms with E-state index in [1.54, 1.807) is 56.4 Å². The van der Waals surface area contributed by atoms with E-state index in [9.17, 15) is 61.2 Å². The van der Waals surface area contributed by atoms with E-state index < -0.39 is 93.6 Å². The highest BCUT2D eigenvalue weighted by atomic mass is 32.2. The molecule has 3 aromatic heterocycles. The molecule has 4 atom stereocenters. The molecule has 5 heterocycles. The normalized spacial score (nSPS) is 21.2. The zero-order valence-electron chi connectivity index (χ0n) is 56.3. The van der Waals surface area contributed by atoms with E-state index in [-0.39, 0.29) is 80.0 Å². The maximum Gasteiger partial charge on any atom is 0.410 e. The number of primary amides is 1. The number of para-hydroxylation sites is 1. The van der Waals surface area contributed by atoms with Crippen LogP contribution in [-0.4, -0.2) is 164 Å². The van der Waals surface area contributed by atoms with Gasteiger partial charge in [0.1, 0.15) is 24.5 Å². The monoisotopic (exact) mass is 1410 g/mol. The molecule has 530 valence electrons. The zero-order valence-corrected chi connectivity index (χ0v) is 58.0. The van der Waals surface area contributed by atoms with Crippen molar-refractivity contribution in [1.29, 1.82) is 0 Å². The standard InChI is InChI=1S/C70H83N13O15S2/c1-42(2)58(78-55(84)24-27-82-56(85)21-22-57(82)86)62(89)75-52(13-9-25-72-64(71)92)61(88)74-46-17-15-44(16-18-46)34-97-66(93)80(29-31-100(94,95)96)28-30-98-70-38-67(4)35-68(5,39-70)37-69(36-67,40-70)41-83-43(3)49(32-73-83)47-19-20-54(77-59(47)63(90)91)81-26-23-45-10-8-11-48(50(45)33-81)60(87)79-65-76-51-12-6-7-14-53(51)99-65/h6-8,10-12,14-22,32,42,52,58H,9,13,23-31,33-41H2,1-5H3,(H,74,88)(H,75,89)(H,78,84)(H,90,91)(H3,71,72,92)(H,76,79,87)(H,94,95,96)/t52-,58?,67?,68?,69?,70?/m0/s1. The molecule has 4 aliphatic carbocycles. The molecule has 4 bridgehead atoms. The maximum atomic E-state index is 13.9. The Labute approximate surface area is 581 Å². The largest absolute Gasteiger partial charge is 0.476 e. The molecule has 30 heteroatoms. The molecule has 28 nitrogen and oxygen atoms in total. The van der Waals surface area contributed by atoms with Crippen molar-refractivity contribution in [3.05, 3.63) is 131 Å². The Hall–Kier alpha value is -9.65. The molecule has 3 aromatic carbocycles. The van der Waals surface area contributed by atoms with E-state index in [0.717, 1.165) is 76.2 Å². The van der Waals surface area contributed by atoms with Gasteiger partial charge in [-0.05, 0) is 146 Å². The number of anilines is 3. The topological polar surface area (TPSA) is 386 Å². The number of urea groups is 1. The smallest absolute Gasteiger partial charge is 0.410 e. The first-order chi connectivity index (χ1) is 47.5. The number of aromatic nitrogens is 4. The van der Waals surface area contributed by atoms with Crippen LogP contribution >= 0.6 is 11.3 Å². The minimum Gasteiger partial charge on any atom is -0.476 e. The molecule has 6 aromatic rings. The number of fused-ring (bicyclic) bond motifs is 2. The molecule has 100 heavy (non-hydrogen) atoms. The summed E-state index contributed by atoms with van der Waals surface area (Å²) in [6.45, 7) is 10.5. The predicted molar refractivity (Wildman–Crippen MR) is 370 cm³/mol. The number of carbonyl (C=O) groups is 9. The van der Waals surface area contributed by atoms with Gasteiger partial charge in [-0.1, -0.05) is 75.4 Å². The van der Waals surface area contributed by atoms with Crippen molar-refractivity contribution in [3.63, 3.8) is 0 Å². The van der Waals surface area contributed by atoms with Crippen LogP contribution in [0.4, 0.5) is 26.2 Å². The number of carbonyl (C=O) groups excluding carboxylic acids is 8. The van der Waals surface area contributed by atoms with Gasteiger partial charge in [0, 0.05) is 92.5 Å². The van der Waals surface area contributed by atoms with E-state index >= 15 is 0 Å². The average Bonchev–Trinajstić information content (AvgIpc) is 0.837. The second-order valence-corrected chi connectivity index (χ2v) is 30.8.